The Morgan fingerprint density at radius 3 is 2.60 bits per heavy atom. The Kier molecular flexibility index (Phi) is 2.62. The van der Waals surface area contributed by atoms with Crippen LogP contribution in [0.2, 0.25) is 0 Å². The lowest BCUT2D eigenvalue weighted by Gasteiger charge is -2.21. The molecule has 1 aliphatic rings. The van der Waals surface area contributed by atoms with Crippen LogP contribution < -0.4 is 10.6 Å². The van der Waals surface area contributed by atoms with Crippen LogP contribution in [-0.2, 0) is 0 Å². The topological polar surface area (TPSA) is 53.1 Å². The second kappa shape index (κ2) is 3.93. The molecule has 1 saturated heterocycles. The summed E-state index contributed by atoms with van der Waals surface area (Å²) in [7, 11) is 0. The lowest BCUT2D eigenvalue weighted by Crippen LogP contribution is -2.23. The quantitative estimate of drug-likeness (QED) is 0.569. The highest BCUT2D eigenvalue weighted by molar-refractivity contribution is 6.00. The number of nitrogens with zero attached hydrogens (tertiary/aromatic N) is 1. The fraction of sp³-hybridized carbons (Fsp3) is 0.417. The first kappa shape index (κ1) is 10.0. The van der Waals surface area contributed by atoms with Gasteiger partial charge in [-0.1, -0.05) is 11.6 Å². The Hall–Kier alpha value is -1.51. The molecule has 0 unspecified atom stereocenters. The summed E-state index contributed by atoms with van der Waals surface area (Å²) < 4.78 is 0. The third kappa shape index (κ3) is 1.96. The van der Waals surface area contributed by atoms with E-state index in [1.165, 1.54) is 12.8 Å². The number of nitrogens with two attached hydrogens (primary N) is 1. The molecule has 80 valence electrons. The summed E-state index contributed by atoms with van der Waals surface area (Å²) in [5, 5.41) is 7.59. The van der Waals surface area contributed by atoms with Crippen LogP contribution in [0.4, 0.5) is 5.69 Å². The number of nitrogens with one attached hydrogen (secondary N) is 1. The van der Waals surface area contributed by atoms with E-state index in [2.05, 4.69) is 17.0 Å². The molecule has 0 radical (unpaired) electrons. The molecule has 3 nitrogen and oxygen atoms in total. The standard InChI is InChI=1S/C12H17N3/c1-9-4-5-11(10(8-9)12(13)14)15-6-2-3-7-15/h4-5,8H,2-3,6-7H2,1H3,(H3,13,14). The third-order valence-corrected chi connectivity index (χ3v) is 2.89. The third-order valence-electron chi connectivity index (χ3n) is 2.89. The average Bonchev–Trinajstić information content (AvgIpc) is 2.70. The number of nitrogen functional groups attached to an aromatic ring is 1. The van der Waals surface area contributed by atoms with Gasteiger partial charge < -0.3 is 10.6 Å². The van der Waals surface area contributed by atoms with E-state index >= 15 is 0 Å². The minimum Gasteiger partial charge on any atom is -0.384 e. The first-order valence-electron chi connectivity index (χ1n) is 5.38. The molecule has 2 rings (SSSR count). The van der Waals surface area contributed by atoms with E-state index in [1.54, 1.807) is 0 Å². The van der Waals surface area contributed by atoms with E-state index in [4.69, 9.17) is 11.1 Å². The maximum absolute atomic E-state index is 7.59. The monoisotopic (exact) mass is 203 g/mol. The zero-order valence-corrected chi connectivity index (χ0v) is 9.09. The molecule has 1 heterocycles. The molecule has 1 aromatic carbocycles. The molecular weight excluding hydrogens is 186 g/mol. The molecule has 0 saturated carbocycles. The highest BCUT2D eigenvalue weighted by atomic mass is 15.1. The van der Waals surface area contributed by atoms with Gasteiger partial charge in [-0.3, -0.25) is 5.41 Å². The molecule has 0 aliphatic carbocycles. The molecule has 0 bridgehead atoms. The molecule has 15 heavy (non-hydrogen) atoms. The summed E-state index contributed by atoms with van der Waals surface area (Å²) >= 11 is 0. The van der Waals surface area contributed by atoms with Crippen LogP contribution >= 0.6 is 0 Å². The maximum atomic E-state index is 7.59. The van der Waals surface area contributed by atoms with Crippen LogP contribution in [0.3, 0.4) is 0 Å². The molecule has 1 aromatic rings. The second-order valence-corrected chi connectivity index (χ2v) is 4.13. The van der Waals surface area contributed by atoms with Crippen LogP contribution in [0.5, 0.6) is 0 Å². The Balaban J connectivity index is 2.40. The zero-order valence-electron chi connectivity index (χ0n) is 9.09. The number of amidine groups is 1. The van der Waals surface area contributed by atoms with Gasteiger partial charge in [0.15, 0.2) is 0 Å². The van der Waals surface area contributed by atoms with E-state index in [0.29, 0.717) is 0 Å². The summed E-state index contributed by atoms with van der Waals surface area (Å²) in [6.07, 6.45) is 2.48. The fourth-order valence-corrected chi connectivity index (χ4v) is 2.10. The fourth-order valence-electron chi connectivity index (χ4n) is 2.10. The minimum atomic E-state index is 0.167. The smallest absolute Gasteiger partial charge is 0.124 e. The van der Waals surface area contributed by atoms with Crippen LogP contribution in [0.25, 0.3) is 0 Å². The van der Waals surface area contributed by atoms with Crippen molar-refractivity contribution in [2.24, 2.45) is 5.73 Å². The van der Waals surface area contributed by atoms with Crippen molar-refractivity contribution in [3.05, 3.63) is 29.3 Å². The van der Waals surface area contributed by atoms with Gasteiger partial charge in [0.1, 0.15) is 5.84 Å². The highest BCUT2D eigenvalue weighted by Gasteiger charge is 2.16. The van der Waals surface area contributed by atoms with Gasteiger partial charge >= 0.3 is 0 Å². The predicted octanol–water partition coefficient (Wildman–Crippen LogP) is 1.88. The van der Waals surface area contributed by atoms with Gasteiger partial charge in [0.2, 0.25) is 0 Å². The highest BCUT2D eigenvalue weighted by Crippen LogP contribution is 2.25. The van der Waals surface area contributed by atoms with Crippen LogP contribution in [0, 0.1) is 12.3 Å². The van der Waals surface area contributed by atoms with Gasteiger partial charge in [0.25, 0.3) is 0 Å². The Morgan fingerprint density at radius 2 is 2.00 bits per heavy atom. The largest absolute Gasteiger partial charge is 0.384 e. The molecule has 0 atom stereocenters. The predicted molar refractivity (Wildman–Crippen MR) is 63.6 cm³/mol. The zero-order chi connectivity index (χ0) is 10.8. The lowest BCUT2D eigenvalue weighted by molar-refractivity contribution is 0.949. The van der Waals surface area contributed by atoms with E-state index in [1.807, 2.05) is 13.0 Å². The number of benzene rings is 1. The van der Waals surface area contributed by atoms with Crippen molar-refractivity contribution in [2.45, 2.75) is 19.8 Å². The Labute approximate surface area is 90.4 Å². The number of rotatable bonds is 2. The Bertz CT molecular complexity index is 378. The van der Waals surface area contributed by atoms with Crippen molar-refractivity contribution in [2.75, 3.05) is 18.0 Å². The molecule has 0 spiro atoms. The van der Waals surface area contributed by atoms with E-state index < -0.39 is 0 Å². The van der Waals surface area contributed by atoms with Crippen LogP contribution in [0.1, 0.15) is 24.0 Å². The summed E-state index contributed by atoms with van der Waals surface area (Å²) in [6.45, 7) is 4.20. The van der Waals surface area contributed by atoms with E-state index in [0.717, 1.165) is 29.9 Å². The summed E-state index contributed by atoms with van der Waals surface area (Å²) in [6, 6.07) is 6.16. The van der Waals surface area contributed by atoms with Crippen molar-refractivity contribution in [3.63, 3.8) is 0 Å². The molecule has 3 N–H and O–H groups in total. The molecule has 0 aromatic heterocycles. The maximum Gasteiger partial charge on any atom is 0.124 e. The second-order valence-electron chi connectivity index (χ2n) is 4.13. The Morgan fingerprint density at radius 1 is 1.33 bits per heavy atom. The summed E-state index contributed by atoms with van der Waals surface area (Å²) in [5.41, 5.74) is 8.75. The molecular formula is C12H17N3. The van der Waals surface area contributed by atoms with Crippen molar-refractivity contribution < 1.29 is 0 Å². The summed E-state index contributed by atoms with van der Waals surface area (Å²) in [5.74, 6) is 0.167. The lowest BCUT2D eigenvalue weighted by atomic mass is 10.1. The first-order chi connectivity index (χ1) is 7.18. The van der Waals surface area contributed by atoms with Gasteiger partial charge in [0, 0.05) is 24.3 Å². The van der Waals surface area contributed by atoms with Gasteiger partial charge in [-0.05, 0) is 31.9 Å². The van der Waals surface area contributed by atoms with Gasteiger partial charge in [0.05, 0.1) is 0 Å². The minimum absolute atomic E-state index is 0.167. The number of hydrogen-bond donors (Lipinski definition) is 2. The summed E-state index contributed by atoms with van der Waals surface area (Å²) in [4.78, 5) is 2.32. The number of aryl methyl sites for hydroxylation is 1. The molecule has 0 amide bonds. The van der Waals surface area contributed by atoms with Gasteiger partial charge in [-0.25, -0.2) is 0 Å². The molecule has 1 aliphatic heterocycles. The van der Waals surface area contributed by atoms with Crippen LogP contribution in [0.15, 0.2) is 18.2 Å². The van der Waals surface area contributed by atoms with Crippen molar-refractivity contribution in [1.82, 2.24) is 0 Å². The SMILES string of the molecule is Cc1ccc(N2CCCC2)c(C(=N)N)c1. The van der Waals surface area contributed by atoms with Gasteiger partial charge in [-0.15, -0.1) is 0 Å². The normalized spacial score (nSPS) is 15.7. The van der Waals surface area contributed by atoms with Crippen molar-refractivity contribution >= 4 is 11.5 Å². The van der Waals surface area contributed by atoms with Crippen LogP contribution in [-0.4, -0.2) is 18.9 Å². The number of hydrogen-bond acceptors (Lipinski definition) is 2. The van der Waals surface area contributed by atoms with E-state index in [-0.39, 0.29) is 5.84 Å². The van der Waals surface area contributed by atoms with Gasteiger partial charge in [-0.2, -0.15) is 0 Å². The first-order valence-corrected chi connectivity index (χ1v) is 5.38. The van der Waals surface area contributed by atoms with Crippen molar-refractivity contribution in [3.8, 4) is 0 Å². The molecule has 3 heteroatoms. The van der Waals surface area contributed by atoms with E-state index in [9.17, 15) is 0 Å². The average molecular weight is 203 g/mol. The molecule has 1 fully saturated rings. The van der Waals surface area contributed by atoms with Crippen molar-refractivity contribution in [1.29, 1.82) is 5.41 Å². The number of anilines is 1.